The van der Waals surface area contributed by atoms with E-state index in [0.29, 0.717) is 6.42 Å². The Balaban J connectivity index is 2.99. The molecule has 15 heavy (non-hydrogen) atoms. The molecule has 0 bridgehead atoms. The minimum Gasteiger partial charge on any atom is -0.292 e. The Morgan fingerprint density at radius 3 is 1.73 bits per heavy atom. The van der Waals surface area contributed by atoms with Gasteiger partial charge in [0.05, 0.1) is 6.61 Å². The Morgan fingerprint density at radius 1 is 0.800 bits per heavy atom. The molecule has 0 spiro atoms. The van der Waals surface area contributed by atoms with Crippen LogP contribution in [-0.4, -0.2) is 13.0 Å². The van der Waals surface area contributed by atoms with Gasteiger partial charge in [0, 0.05) is 0 Å². The number of rotatable bonds is 9. The number of hydrogen-bond donors (Lipinski definition) is 0. The lowest BCUT2D eigenvalue weighted by Gasteiger charge is -2.06. The third-order valence-electron chi connectivity index (χ3n) is 2.26. The molecule has 0 radical (unpaired) electrons. The maximum absolute atomic E-state index is 11.5. The lowest BCUT2D eigenvalue weighted by atomic mass is 10.1. The van der Waals surface area contributed by atoms with Gasteiger partial charge in [-0.15, -0.1) is 13.2 Å². The van der Waals surface area contributed by atoms with Crippen molar-refractivity contribution in [2.45, 2.75) is 64.7 Å². The average molecular weight is 226 g/mol. The van der Waals surface area contributed by atoms with E-state index in [2.05, 4.69) is 11.7 Å². The molecule has 0 atom stereocenters. The molecule has 0 rings (SSSR count). The number of unbranched alkanes of at least 4 members (excludes halogenated alkanes) is 7. The second-order valence-corrected chi connectivity index (χ2v) is 3.77. The van der Waals surface area contributed by atoms with Crippen molar-refractivity contribution in [2.24, 2.45) is 0 Å². The van der Waals surface area contributed by atoms with Crippen LogP contribution in [0.25, 0.3) is 0 Å². The van der Waals surface area contributed by atoms with Crippen molar-refractivity contribution in [3.63, 3.8) is 0 Å². The molecule has 0 aromatic heterocycles. The summed E-state index contributed by atoms with van der Waals surface area (Å²) in [5, 5.41) is 0. The zero-order valence-corrected chi connectivity index (χ0v) is 9.41. The van der Waals surface area contributed by atoms with E-state index in [-0.39, 0.29) is 6.61 Å². The lowest BCUT2D eigenvalue weighted by Crippen LogP contribution is -2.13. The van der Waals surface area contributed by atoms with Crippen molar-refractivity contribution >= 4 is 0 Å². The third-order valence-corrected chi connectivity index (χ3v) is 2.26. The zero-order valence-electron chi connectivity index (χ0n) is 9.41. The van der Waals surface area contributed by atoms with Crippen LogP contribution in [0.15, 0.2) is 0 Å². The normalized spacial score (nSPS) is 12.0. The van der Waals surface area contributed by atoms with Gasteiger partial charge >= 0.3 is 6.36 Å². The molecule has 0 aliphatic rings. The molecule has 0 aliphatic heterocycles. The summed E-state index contributed by atoms with van der Waals surface area (Å²) in [4.78, 5) is 0. The fraction of sp³-hybridized carbons (Fsp3) is 1.00. The van der Waals surface area contributed by atoms with E-state index in [1.54, 1.807) is 0 Å². The van der Waals surface area contributed by atoms with Crippen LogP contribution in [0.5, 0.6) is 0 Å². The SMILES string of the molecule is CCCCCCCCCCOC(F)(F)F. The molecule has 0 aromatic carbocycles. The lowest BCUT2D eigenvalue weighted by molar-refractivity contribution is -0.324. The molecule has 4 heteroatoms. The first-order valence-corrected chi connectivity index (χ1v) is 5.77. The molecule has 1 nitrogen and oxygen atoms in total. The van der Waals surface area contributed by atoms with Crippen LogP contribution in [0.3, 0.4) is 0 Å². The van der Waals surface area contributed by atoms with Gasteiger partial charge in [0.1, 0.15) is 0 Å². The summed E-state index contributed by atoms with van der Waals surface area (Å²) >= 11 is 0. The maximum Gasteiger partial charge on any atom is 0.522 e. The van der Waals surface area contributed by atoms with E-state index in [1.807, 2.05) is 0 Å². The largest absolute Gasteiger partial charge is 0.522 e. The molecule has 0 amide bonds. The number of hydrogen-bond acceptors (Lipinski definition) is 1. The summed E-state index contributed by atoms with van der Waals surface area (Å²) in [6.07, 6.45) is 3.97. The van der Waals surface area contributed by atoms with Gasteiger partial charge in [-0.3, -0.25) is 4.74 Å². The molecule has 0 N–H and O–H groups in total. The molecule has 0 saturated heterocycles. The summed E-state index contributed by atoms with van der Waals surface area (Å²) < 4.78 is 38.3. The number of alkyl halides is 3. The van der Waals surface area contributed by atoms with E-state index < -0.39 is 6.36 Å². The number of ether oxygens (including phenoxy) is 1. The van der Waals surface area contributed by atoms with E-state index in [9.17, 15) is 13.2 Å². The molecule has 0 heterocycles. The van der Waals surface area contributed by atoms with Gasteiger partial charge in [-0.1, -0.05) is 51.9 Å². The summed E-state index contributed by atoms with van der Waals surface area (Å²) in [6.45, 7) is 1.97. The molecule has 0 aliphatic carbocycles. The first-order valence-electron chi connectivity index (χ1n) is 5.77. The van der Waals surface area contributed by atoms with Gasteiger partial charge in [-0.05, 0) is 6.42 Å². The molecule has 0 saturated carbocycles. The standard InChI is InChI=1S/C11H21F3O/c1-2-3-4-5-6-7-8-9-10-15-11(12,13)14/h2-10H2,1H3. The Morgan fingerprint density at radius 2 is 1.27 bits per heavy atom. The van der Waals surface area contributed by atoms with Gasteiger partial charge in [0.25, 0.3) is 0 Å². The van der Waals surface area contributed by atoms with Gasteiger partial charge < -0.3 is 0 Å². The highest BCUT2D eigenvalue weighted by Gasteiger charge is 2.28. The van der Waals surface area contributed by atoms with Crippen LogP contribution in [0, 0.1) is 0 Å². The first kappa shape index (κ1) is 14.8. The minimum atomic E-state index is -4.46. The maximum atomic E-state index is 11.5. The third kappa shape index (κ3) is 13.8. The zero-order chi connectivity index (χ0) is 11.6. The van der Waals surface area contributed by atoms with E-state index in [4.69, 9.17) is 0 Å². The van der Waals surface area contributed by atoms with Crippen LogP contribution in [0.1, 0.15) is 58.3 Å². The second-order valence-electron chi connectivity index (χ2n) is 3.77. The van der Waals surface area contributed by atoms with Crippen LogP contribution < -0.4 is 0 Å². The van der Waals surface area contributed by atoms with Crippen LogP contribution in [0.2, 0.25) is 0 Å². The Labute approximate surface area is 90.0 Å². The van der Waals surface area contributed by atoms with Gasteiger partial charge in [-0.2, -0.15) is 0 Å². The Bertz CT molecular complexity index is 134. The van der Waals surface area contributed by atoms with Crippen molar-refractivity contribution in [3.05, 3.63) is 0 Å². The molecular weight excluding hydrogens is 205 g/mol. The minimum absolute atomic E-state index is 0.196. The van der Waals surface area contributed by atoms with Crippen molar-refractivity contribution in [3.8, 4) is 0 Å². The van der Waals surface area contributed by atoms with Crippen LogP contribution >= 0.6 is 0 Å². The van der Waals surface area contributed by atoms with Gasteiger partial charge in [-0.25, -0.2) is 0 Å². The highest BCUT2D eigenvalue weighted by molar-refractivity contribution is 4.45. The highest BCUT2D eigenvalue weighted by Crippen LogP contribution is 2.17. The Hall–Kier alpha value is -0.250. The van der Waals surface area contributed by atoms with Crippen LogP contribution in [0.4, 0.5) is 13.2 Å². The van der Waals surface area contributed by atoms with E-state index in [0.717, 1.165) is 19.3 Å². The van der Waals surface area contributed by atoms with Crippen LogP contribution in [-0.2, 0) is 4.74 Å². The summed E-state index contributed by atoms with van der Waals surface area (Å²) in [7, 11) is 0. The van der Waals surface area contributed by atoms with E-state index in [1.165, 1.54) is 25.7 Å². The molecule has 0 aromatic rings. The fourth-order valence-electron chi connectivity index (χ4n) is 1.42. The summed E-state index contributed by atoms with van der Waals surface area (Å²) in [6, 6.07) is 0. The molecule has 0 fully saturated rings. The molecule has 92 valence electrons. The fourth-order valence-corrected chi connectivity index (χ4v) is 1.42. The average Bonchev–Trinajstić information content (AvgIpc) is 2.14. The van der Waals surface area contributed by atoms with Crippen molar-refractivity contribution in [1.29, 1.82) is 0 Å². The van der Waals surface area contributed by atoms with Crippen molar-refractivity contribution in [2.75, 3.05) is 6.61 Å². The van der Waals surface area contributed by atoms with Gasteiger partial charge in [0.2, 0.25) is 0 Å². The predicted molar refractivity (Wildman–Crippen MR) is 54.6 cm³/mol. The highest BCUT2D eigenvalue weighted by atomic mass is 19.4. The van der Waals surface area contributed by atoms with Crippen molar-refractivity contribution < 1.29 is 17.9 Å². The van der Waals surface area contributed by atoms with Gasteiger partial charge in [0.15, 0.2) is 0 Å². The quantitative estimate of drug-likeness (QED) is 0.519. The summed E-state index contributed by atoms with van der Waals surface area (Å²) in [5.41, 5.74) is 0. The summed E-state index contributed by atoms with van der Waals surface area (Å²) in [5.74, 6) is 0. The second kappa shape index (κ2) is 9.01. The predicted octanol–water partition coefficient (Wildman–Crippen LogP) is 4.66. The van der Waals surface area contributed by atoms with E-state index >= 15 is 0 Å². The topological polar surface area (TPSA) is 9.23 Å². The monoisotopic (exact) mass is 226 g/mol. The first-order chi connectivity index (χ1) is 7.06. The smallest absolute Gasteiger partial charge is 0.292 e. The van der Waals surface area contributed by atoms with Crippen molar-refractivity contribution in [1.82, 2.24) is 0 Å². The Kier molecular flexibility index (Phi) is 8.86. The molecule has 0 unspecified atom stereocenters. The molecular formula is C11H21F3O. The number of halogens is 3.